The first-order valence-electron chi connectivity index (χ1n) is 6.12. The molecule has 1 nitrogen and oxygen atoms in total. The van der Waals surface area contributed by atoms with Crippen LogP contribution in [0.5, 0.6) is 0 Å². The molecule has 18 heavy (non-hydrogen) atoms. The van der Waals surface area contributed by atoms with Gasteiger partial charge in [0.25, 0.3) is 0 Å². The van der Waals surface area contributed by atoms with Gasteiger partial charge < -0.3 is 5.11 Å². The Balaban J connectivity index is 1.97. The topological polar surface area (TPSA) is 20.2 Å². The first-order valence-corrected chi connectivity index (χ1v) is 7.06. The molecule has 1 aliphatic rings. The van der Waals surface area contributed by atoms with E-state index in [2.05, 4.69) is 11.8 Å². The van der Waals surface area contributed by atoms with Crippen LogP contribution in [0, 0.1) is 17.8 Å². The minimum atomic E-state index is -0.983. The molecule has 1 aromatic carbocycles. The molecule has 1 aromatic heterocycles. The van der Waals surface area contributed by atoms with E-state index >= 15 is 0 Å². The Morgan fingerprint density at radius 1 is 1.17 bits per heavy atom. The Morgan fingerprint density at radius 2 is 1.94 bits per heavy atom. The predicted octanol–water partition coefficient (Wildman–Crippen LogP) is 3.40. The Hall–Kier alpha value is -1.56. The van der Waals surface area contributed by atoms with Crippen molar-refractivity contribution in [2.24, 2.45) is 5.92 Å². The fraction of sp³-hybridized carbons (Fsp3) is 0.250. The van der Waals surface area contributed by atoms with Crippen LogP contribution in [0.4, 0.5) is 0 Å². The fourth-order valence-electron chi connectivity index (χ4n) is 2.11. The maximum atomic E-state index is 10.9. The third kappa shape index (κ3) is 2.20. The van der Waals surface area contributed by atoms with E-state index in [9.17, 15) is 5.11 Å². The van der Waals surface area contributed by atoms with E-state index in [1.54, 1.807) is 11.3 Å². The van der Waals surface area contributed by atoms with Gasteiger partial charge in [-0.25, -0.2) is 0 Å². The lowest BCUT2D eigenvalue weighted by molar-refractivity contribution is 0.0757. The second-order valence-electron chi connectivity index (χ2n) is 4.67. The first kappa shape index (κ1) is 11.5. The van der Waals surface area contributed by atoms with Crippen LogP contribution in [-0.2, 0) is 5.60 Å². The molecule has 1 N–H and O–H groups in total. The van der Waals surface area contributed by atoms with Gasteiger partial charge in [0.2, 0.25) is 0 Å². The molecular weight excluding hydrogens is 240 g/mol. The predicted molar refractivity (Wildman–Crippen MR) is 74.3 cm³/mol. The number of hydrogen-bond donors (Lipinski definition) is 1. The molecule has 3 rings (SSSR count). The van der Waals surface area contributed by atoms with Crippen LogP contribution in [-0.4, -0.2) is 5.11 Å². The highest BCUT2D eigenvalue weighted by Crippen LogP contribution is 2.45. The second kappa shape index (κ2) is 4.61. The van der Waals surface area contributed by atoms with Gasteiger partial charge in [0.05, 0.1) is 0 Å². The number of thiophene rings is 1. The third-order valence-electron chi connectivity index (χ3n) is 3.30. The zero-order valence-electron chi connectivity index (χ0n) is 9.97. The maximum Gasteiger partial charge on any atom is 0.154 e. The van der Waals surface area contributed by atoms with Gasteiger partial charge in [-0.2, -0.15) is 11.3 Å². The minimum absolute atomic E-state index is 0.283. The van der Waals surface area contributed by atoms with Gasteiger partial charge in [0.1, 0.15) is 0 Å². The number of benzene rings is 1. The quantitative estimate of drug-likeness (QED) is 0.814. The van der Waals surface area contributed by atoms with Crippen molar-refractivity contribution in [2.75, 3.05) is 0 Å². The molecule has 0 radical (unpaired) electrons. The standard InChI is InChI=1S/C16H14OS/c17-16(15-6-7-15,14-4-2-1-3-5-14)10-8-13-9-11-18-12-13/h1-5,9,11-12,15,17H,6-7H2. The van der Waals surface area contributed by atoms with Crippen molar-refractivity contribution in [1.82, 2.24) is 0 Å². The molecule has 0 bridgehead atoms. The average Bonchev–Trinajstić information content (AvgIpc) is 3.15. The van der Waals surface area contributed by atoms with Crippen LogP contribution >= 0.6 is 11.3 Å². The van der Waals surface area contributed by atoms with Crippen LogP contribution in [0.25, 0.3) is 0 Å². The molecule has 90 valence electrons. The van der Waals surface area contributed by atoms with Crippen molar-refractivity contribution in [1.29, 1.82) is 0 Å². The third-order valence-corrected chi connectivity index (χ3v) is 3.98. The largest absolute Gasteiger partial charge is 0.373 e. The van der Waals surface area contributed by atoms with Crippen LogP contribution < -0.4 is 0 Å². The van der Waals surface area contributed by atoms with Crippen molar-refractivity contribution in [3.05, 3.63) is 58.3 Å². The Kier molecular flexibility index (Phi) is 2.95. The summed E-state index contributed by atoms with van der Waals surface area (Å²) in [6, 6.07) is 11.8. The lowest BCUT2D eigenvalue weighted by Gasteiger charge is -2.22. The highest BCUT2D eigenvalue weighted by atomic mass is 32.1. The minimum Gasteiger partial charge on any atom is -0.373 e. The lowest BCUT2D eigenvalue weighted by atomic mass is 9.89. The highest BCUT2D eigenvalue weighted by Gasteiger charge is 2.43. The zero-order valence-corrected chi connectivity index (χ0v) is 10.8. The summed E-state index contributed by atoms with van der Waals surface area (Å²) in [5, 5.41) is 14.9. The molecule has 0 saturated heterocycles. The average molecular weight is 254 g/mol. The van der Waals surface area contributed by atoms with E-state index in [1.807, 2.05) is 47.2 Å². The molecule has 1 atom stereocenters. The molecule has 1 heterocycles. The van der Waals surface area contributed by atoms with Gasteiger partial charge in [0, 0.05) is 16.9 Å². The normalized spacial score (nSPS) is 17.6. The molecule has 1 fully saturated rings. The summed E-state index contributed by atoms with van der Waals surface area (Å²) in [4.78, 5) is 0. The van der Waals surface area contributed by atoms with E-state index < -0.39 is 5.60 Å². The Labute approximate surface area is 111 Å². The lowest BCUT2D eigenvalue weighted by Crippen LogP contribution is -2.26. The summed E-state index contributed by atoms with van der Waals surface area (Å²) in [6.45, 7) is 0. The second-order valence-corrected chi connectivity index (χ2v) is 5.45. The summed E-state index contributed by atoms with van der Waals surface area (Å²) in [5.41, 5.74) is 0.911. The van der Waals surface area contributed by atoms with Gasteiger partial charge in [-0.1, -0.05) is 42.2 Å². The summed E-state index contributed by atoms with van der Waals surface area (Å²) < 4.78 is 0. The van der Waals surface area contributed by atoms with Crippen LogP contribution in [0.3, 0.4) is 0 Å². The summed E-state index contributed by atoms with van der Waals surface area (Å²) in [5.74, 6) is 6.47. The highest BCUT2D eigenvalue weighted by molar-refractivity contribution is 7.08. The molecule has 2 aromatic rings. The van der Waals surface area contributed by atoms with Crippen molar-refractivity contribution in [3.8, 4) is 11.8 Å². The first-order chi connectivity index (χ1) is 8.79. The maximum absolute atomic E-state index is 10.9. The number of rotatable bonds is 2. The van der Waals surface area contributed by atoms with E-state index in [1.165, 1.54) is 0 Å². The molecule has 0 spiro atoms. The smallest absolute Gasteiger partial charge is 0.154 e. The number of hydrogen-bond acceptors (Lipinski definition) is 2. The van der Waals surface area contributed by atoms with Crippen molar-refractivity contribution in [3.63, 3.8) is 0 Å². The number of aliphatic hydroxyl groups is 1. The van der Waals surface area contributed by atoms with Crippen LogP contribution in [0.15, 0.2) is 47.2 Å². The summed E-state index contributed by atoms with van der Waals surface area (Å²) in [6.07, 6.45) is 2.12. The summed E-state index contributed by atoms with van der Waals surface area (Å²) >= 11 is 1.63. The molecule has 0 aliphatic heterocycles. The van der Waals surface area contributed by atoms with E-state index in [4.69, 9.17) is 0 Å². The van der Waals surface area contributed by atoms with Crippen molar-refractivity contribution >= 4 is 11.3 Å². The molecule has 1 saturated carbocycles. The SMILES string of the molecule is OC(C#Cc1ccsc1)(c1ccccc1)C1CC1. The molecule has 1 unspecified atom stereocenters. The van der Waals surface area contributed by atoms with Gasteiger partial charge in [-0.05, 0) is 29.9 Å². The summed E-state index contributed by atoms with van der Waals surface area (Å²) in [7, 11) is 0. The zero-order chi connectivity index (χ0) is 12.4. The Morgan fingerprint density at radius 3 is 2.56 bits per heavy atom. The molecule has 0 amide bonds. The van der Waals surface area contributed by atoms with Crippen molar-refractivity contribution < 1.29 is 5.11 Å². The van der Waals surface area contributed by atoms with E-state index in [0.717, 1.165) is 24.0 Å². The molecule has 1 aliphatic carbocycles. The van der Waals surface area contributed by atoms with E-state index in [-0.39, 0.29) is 5.92 Å². The Bertz CT molecular complexity index is 573. The van der Waals surface area contributed by atoms with Crippen LogP contribution in [0.2, 0.25) is 0 Å². The monoisotopic (exact) mass is 254 g/mol. The van der Waals surface area contributed by atoms with Gasteiger partial charge in [-0.15, -0.1) is 0 Å². The molecule has 2 heteroatoms. The molecular formula is C16H14OS. The van der Waals surface area contributed by atoms with Gasteiger partial charge in [0.15, 0.2) is 5.60 Å². The van der Waals surface area contributed by atoms with Gasteiger partial charge >= 0.3 is 0 Å². The van der Waals surface area contributed by atoms with Crippen molar-refractivity contribution in [2.45, 2.75) is 18.4 Å². The fourth-order valence-corrected chi connectivity index (χ4v) is 2.69. The van der Waals surface area contributed by atoms with Gasteiger partial charge in [-0.3, -0.25) is 0 Å². The van der Waals surface area contributed by atoms with Crippen LogP contribution in [0.1, 0.15) is 24.0 Å². The van der Waals surface area contributed by atoms with E-state index in [0.29, 0.717) is 0 Å².